The van der Waals surface area contributed by atoms with Gasteiger partial charge in [0.05, 0.1) is 11.0 Å². The molecule has 0 atom stereocenters. The Balaban J connectivity index is 3.11. The van der Waals surface area contributed by atoms with Gasteiger partial charge in [0, 0.05) is 25.2 Å². The van der Waals surface area contributed by atoms with E-state index in [1.54, 1.807) is 13.0 Å². The Kier molecular flexibility index (Phi) is 4.70. The lowest BCUT2D eigenvalue weighted by molar-refractivity contribution is 0.435. The first-order valence-electron chi connectivity index (χ1n) is 5.66. The fourth-order valence-corrected chi connectivity index (χ4v) is 3.04. The first kappa shape index (κ1) is 14.5. The number of nitrogens with two attached hydrogens (primary N) is 1. The van der Waals surface area contributed by atoms with Crippen LogP contribution in [0.5, 0.6) is 0 Å². The molecule has 0 amide bonds. The van der Waals surface area contributed by atoms with Gasteiger partial charge in [-0.15, -0.1) is 0 Å². The zero-order valence-electron chi connectivity index (χ0n) is 10.5. The van der Waals surface area contributed by atoms with Gasteiger partial charge in [-0.1, -0.05) is 13.0 Å². The van der Waals surface area contributed by atoms with Crippen LogP contribution in [0.3, 0.4) is 0 Å². The van der Waals surface area contributed by atoms with Crippen molar-refractivity contribution in [2.75, 3.05) is 18.8 Å². The van der Waals surface area contributed by atoms with Gasteiger partial charge in [-0.3, -0.25) is 0 Å². The summed E-state index contributed by atoms with van der Waals surface area (Å²) in [6, 6.07) is 6.62. The normalized spacial score (nSPS) is 11.4. The van der Waals surface area contributed by atoms with E-state index >= 15 is 0 Å². The number of aryl methyl sites for hydroxylation is 1. The van der Waals surface area contributed by atoms with Crippen LogP contribution >= 0.6 is 0 Å². The minimum absolute atomic E-state index is 0.172. The van der Waals surface area contributed by atoms with Crippen molar-refractivity contribution in [3.63, 3.8) is 0 Å². The van der Waals surface area contributed by atoms with E-state index in [0.717, 1.165) is 5.56 Å². The van der Waals surface area contributed by atoms with Crippen LogP contribution in [0.25, 0.3) is 0 Å². The second kappa shape index (κ2) is 5.85. The topological polar surface area (TPSA) is 87.2 Å². The van der Waals surface area contributed by atoms with Gasteiger partial charge in [-0.2, -0.15) is 9.57 Å². The molecule has 0 heterocycles. The molecule has 0 spiro atoms. The SMILES string of the molecule is CCN(CCC#N)S(=O)(=O)c1ccc(C)c(N)c1. The Labute approximate surface area is 108 Å². The van der Waals surface area contributed by atoms with E-state index in [-0.39, 0.29) is 17.9 Å². The van der Waals surface area contributed by atoms with Gasteiger partial charge in [-0.25, -0.2) is 8.42 Å². The molecule has 5 nitrogen and oxygen atoms in total. The molecule has 0 aliphatic carbocycles. The molecule has 1 aromatic carbocycles. The van der Waals surface area contributed by atoms with E-state index in [4.69, 9.17) is 11.0 Å². The van der Waals surface area contributed by atoms with Crippen LogP contribution in [-0.2, 0) is 10.0 Å². The minimum atomic E-state index is -3.56. The number of hydrogen-bond acceptors (Lipinski definition) is 4. The lowest BCUT2D eigenvalue weighted by Crippen LogP contribution is -2.31. The summed E-state index contributed by atoms with van der Waals surface area (Å²) in [6.07, 6.45) is 0.175. The molecule has 0 fully saturated rings. The van der Waals surface area contributed by atoms with E-state index < -0.39 is 10.0 Å². The third kappa shape index (κ3) is 3.00. The highest BCUT2D eigenvalue weighted by Gasteiger charge is 2.22. The number of sulfonamides is 1. The highest BCUT2D eigenvalue weighted by Crippen LogP contribution is 2.20. The van der Waals surface area contributed by atoms with Crippen LogP contribution in [0.15, 0.2) is 23.1 Å². The third-order valence-corrected chi connectivity index (χ3v) is 4.68. The Hall–Kier alpha value is -1.58. The molecule has 1 rings (SSSR count). The van der Waals surface area contributed by atoms with Crippen LogP contribution in [0.1, 0.15) is 18.9 Å². The van der Waals surface area contributed by atoms with Gasteiger partial charge in [-0.05, 0) is 24.6 Å². The summed E-state index contributed by atoms with van der Waals surface area (Å²) >= 11 is 0. The number of hydrogen-bond donors (Lipinski definition) is 1. The summed E-state index contributed by atoms with van der Waals surface area (Å²) < 4.78 is 25.9. The van der Waals surface area contributed by atoms with Gasteiger partial charge >= 0.3 is 0 Å². The van der Waals surface area contributed by atoms with Crippen molar-refractivity contribution in [3.05, 3.63) is 23.8 Å². The van der Waals surface area contributed by atoms with Crippen molar-refractivity contribution in [1.82, 2.24) is 4.31 Å². The smallest absolute Gasteiger partial charge is 0.243 e. The monoisotopic (exact) mass is 267 g/mol. The molecule has 0 bridgehead atoms. The van der Waals surface area contributed by atoms with E-state index in [0.29, 0.717) is 12.2 Å². The number of nitriles is 1. The van der Waals surface area contributed by atoms with Crippen molar-refractivity contribution in [2.45, 2.75) is 25.2 Å². The average Bonchev–Trinajstić information content (AvgIpc) is 2.33. The van der Waals surface area contributed by atoms with Gasteiger partial charge in [0.15, 0.2) is 0 Å². The van der Waals surface area contributed by atoms with Crippen molar-refractivity contribution < 1.29 is 8.42 Å². The van der Waals surface area contributed by atoms with E-state index in [2.05, 4.69) is 0 Å². The van der Waals surface area contributed by atoms with E-state index in [1.807, 2.05) is 13.0 Å². The molecule has 0 aliphatic rings. The molecular weight excluding hydrogens is 250 g/mol. The molecule has 0 saturated heterocycles. The quantitative estimate of drug-likeness (QED) is 0.819. The molecule has 6 heteroatoms. The second-order valence-electron chi connectivity index (χ2n) is 3.92. The van der Waals surface area contributed by atoms with Gasteiger partial charge in [0.1, 0.15) is 0 Å². The molecule has 0 unspecified atom stereocenters. The summed E-state index contributed by atoms with van der Waals surface area (Å²) in [4.78, 5) is 0.172. The maximum Gasteiger partial charge on any atom is 0.243 e. The molecule has 1 aromatic rings. The summed E-state index contributed by atoms with van der Waals surface area (Å²) in [7, 11) is -3.56. The minimum Gasteiger partial charge on any atom is -0.398 e. The van der Waals surface area contributed by atoms with Crippen molar-refractivity contribution >= 4 is 15.7 Å². The summed E-state index contributed by atoms with van der Waals surface area (Å²) in [5, 5.41) is 8.54. The molecule has 0 aliphatic heterocycles. The predicted molar refractivity (Wildman–Crippen MR) is 70.3 cm³/mol. The number of nitrogens with zero attached hydrogens (tertiary/aromatic N) is 2. The van der Waals surface area contributed by atoms with Gasteiger partial charge < -0.3 is 5.73 Å². The zero-order chi connectivity index (χ0) is 13.8. The molecule has 18 heavy (non-hydrogen) atoms. The lowest BCUT2D eigenvalue weighted by Gasteiger charge is -2.19. The van der Waals surface area contributed by atoms with Gasteiger partial charge in [0.2, 0.25) is 10.0 Å². The molecule has 0 aromatic heterocycles. The Morgan fingerprint density at radius 2 is 2.11 bits per heavy atom. The molecule has 98 valence electrons. The van der Waals surface area contributed by atoms with E-state index in [1.165, 1.54) is 16.4 Å². The summed E-state index contributed by atoms with van der Waals surface area (Å²) in [6.45, 7) is 4.09. The maximum absolute atomic E-state index is 12.3. The van der Waals surface area contributed by atoms with Crippen LogP contribution < -0.4 is 5.73 Å². The number of benzene rings is 1. The second-order valence-corrected chi connectivity index (χ2v) is 5.86. The summed E-state index contributed by atoms with van der Waals surface area (Å²) in [5.41, 5.74) is 7.02. The fourth-order valence-electron chi connectivity index (χ4n) is 1.55. The van der Waals surface area contributed by atoms with Crippen molar-refractivity contribution in [1.29, 1.82) is 5.26 Å². The van der Waals surface area contributed by atoms with Crippen LogP contribution in [0.4, 0.5) is 5.69 Å². The van der Waals surface area contributed by atoms with Crippen LogP contribution in [0.2, 0.25) is 0 Å². The van der Waals surface area contributed by atoms with Crippen molar-refractivity contribution in [3.8, 4) is 6.07 Å². The molecule has 2 N–H and O–H groups in total. The Morgan fingerprint density at radius 1 is 1.44 bits per heavy atom. The van der Waals surface area contributed by atoms with Crippen LogP contribution in [0, 0.1) is 18.3 Å². The zero-order valence-corrected chi connectivity index (χ0v) is 11.4. The maximum atomic E-state index is 12.3. The van der Waals surface area contributed by atoms with Crippen molar-refractivity contribution in [2.24, 2.45) is 0 Å². The Morgan fingerprint density at radius 3 is 2.61 bits per heavy atom. The summed E-state index contributed by atoms with van der Waals surface area (Å²) in [5.74, 6) is 0. The predicted octanol–water partition coefficient (Wildman–Crippen LogP) is 1.50. The largest absolute Gasteiger partial charge is 0.398 e. The molecule has 0 saturated carbocycles. The van der Waals surface area contributed by atoms with E-state index in [9.17, 15) is 8.42 Å². The average molecular weight is 267 g/mol. The highest BCUT2D eigenvalue weighted by atomic mass is 32.2. The highest BCUT2D eigenvalue weighted by molar-refractivity contribution is 7.89. The number of anilines is 1. The molecule has 0 radical (unpaired) electrons. The van der Waals surface area contributed by atoms with Gasteiger partial charge in [0.25, 0.3) is 0 Å². The molecular formula is C12H17N3O2S. The number of rotatable bonds is 5. The van der Waals surface area contributed by atoms with Crippen LogP contribution in [-0.4, -0.2) is 25.8 Å². The standard InChI is InChI=1S/C12H17N3O2S/c1-3-15(8-4-7-13)18(16,17)11-6-5-10(2)12(14)9-11/h5-6,9H,3-4,8,14H2,1-2H3. The fraction of sp³-hybridized carbons (Fsp3) is 0.417. The first-order chi connectivity index (χ1) is 8.43. The Bertz CT molecular complexity index is 561. The lowest BCUT2D eigenvalue weighted by atomic mass is 10.2. The first-order valence-corrected chi connectivity index (χ1v) is 7.10. The number of nitrogen functional groups attached to an aromatic ring is 1. The third-order valence-electron chi connectivity index (χ3n) is 2.71.